The van der Waals surface area contributed by atoms with E-state index < -0.39 is 17.3 Å². The lowest BCUT2D eigenvalue weighted by atomic mass is 9.80. The topological polar surface area (TPSA) is 49.7 Å². The largest absolute Gasteiger partial charge is 0.427 e. The van der Waals surface area contributed by atoms with Gasteiger partial charge in [-0.2, -0.15) is 0 Å². The van der Waals surface area contributed by atoms with Crippen LogP contribution in [0, 0.1) is 0 Å². The predicted molar refractivity (Wildman–Crippen MR) is 65.1 cm³/mol. The third-order valence-electron chi connectivity index (χ3n) is 3.04. The summed E-state index contributed by atoms with van der Waals surface area (Å²) in [6, 6.07) is 0. The highest BCUT2D eigenvalue weighted by Crippen LogP contribution is 2.25. The van der Waals surface area contributed by atoms with Crippen LogP contribution in [0.1, 0.15) is 34.1 Å². The minimum absolute atomic E-state index is 0.440. The monoisotopic (exact) mass is 223 g/mol. The second-order valence-corrected chi connectivity index (χ2v) is 5.18. The molecule has 0 saturated heterocycles. The van der Waals surface area contributed by atoms with Gasteiger partial charge in [-0.25, -0.2) is 0 Å². The lowest BCUT2D eigenvalue weighted by Gasteiger charge is -2.37. The lowest BCUT2D eigenvalue weighted by molar-refractivity contribution is -0.0896. The van der Waals surface area contributed by atoms with Gasteiger partial charge in [-0.1, -0.05) is 23.7 Å². The van der Waals surface area contributed by atoms with Crippen molar-refractivity contribution in [2.75, 3.05) is 0 Å². The molecule has 1 radical (unpaired) electrons. The van der Waals surface area contributed by atoms with Crippen LogP contribution in [0.15, 0.2) is 23.7 Å². The van der Waals surface area contributed by atoms with Crippen molar-refractivity contribution in [2.24, 2.45) is 0 Å². The Morgan fingerprint density at radius 3 is 2.50 bits per heavy atom. The van der Waals surface area contributed by atoms with Crippen molar-refractivity contribution in [3.63, 3.8) is 0 Å². The fraction of sp³-hybridized carbons (Fsp3) is 0.667. The van der Waals surface area contributed by atoms with Gasteiger partial charge >= 0.3 is 7.48 Å². The van der Waals surface area contributed by atoms with Crippen LogP contribution in [-0.4, -0.2) is 35.0 Å². The average molecular weight is 223 g/mol. The zero-order valence-corrected chi connectivity index (χ0v) is 10.4. The molecule has 1 aliphatic rings. The van der Waals surface area contributed by atoms with E-state index in [0.717, 1.165) is 5.47 Å². The van der Waals surface area contributed by atoms with Crippen molar-refractivity contribution in [3.8, 4) is 0 Å². The second-order valence-electron chi connectivity index (χ2n) is 5.18. The number of aliphatic hydroxyl groups is 2. The minimum Gasteiger partial charge on any atom is -0.427 e. The van der Waals surface area contributed by atoms with E-state index in [4.69, 9.17) is 4.65 Å². The van der Waals surface area contributed by atoms with Gasteiger partial charge in [0.25, 0.3) is 0 Å². The Morgan fingerprint density at radius 2 is 2.00 bits per heavy atom. The van der Waals surface area contributed by atoms with Gasteiger partial charge in [-0.3, -0.25) is 0 Å². The smallest absolute Gasteiger partial charge is 0.330 e. The number of hydrogen-bond donors (Lipinski definition) is 2. The summed E-state index contributed by atoms with van der Waals surface area (Å²) in [5.74, 6) is 0. The van der Waals surface area contributed by atoms with Crippen molar-refractivity contribution >= 4 is 7.48 Å². The molecule has 2 N–H and O–H groups in total. The molecule has 0 aromatic carbocycles. The quantitative estimate of drug-likeness (QED) is 0.708. The van der Waals surface area contributed by atoms with Gasteiger partial charge in [0.1, 0.15) is 0 Å². The van der Waals surface area contributed by atoms with Gasteiger partial charge < -0.3 is 14.9 Å². The van der Waals surface area contributed by atoms with Crippen LogP contribution in [0.3, 0.4) is 0 Å². The molecule has 0 aliphatic heterocycles. The third kappa shape index (κ3) is 3.47. The Labute approximate surface area is 98.1 Å². The van der Waals surface area contributed by atoms with E-state index in [1.165, 1.54) is 0 Å². The Balaban J connectivity index is 2.55. The van der Waals surface area contributed by atoms with Gasteiger partial charge in [0.2, 0.25) is 0 Å². The summed E-state index contributed by atoms with van der Waals surface area (Å²) in [7, 11) is 1.58. The first kappa shape index (κ1) is 13.5. The first-order chi connectivity index (χ1) is 7.22. The molecule has 0 bridgehead atoms. The normalized spacial score (nSPS) is 21.9. The summed E-state index contributed by atoms with van der Waals surface area (Å²) >= 11 is 0. The summed E-state index contributed by atoms with van der Waals surface area (Å²) in [5, 5.41) is 19.3. The number of aliphatic hydroxyl groups excluding tert-OH is 1. The SMILES string of the molecule is CC(C)(O)C(C)(C)O[B]C1=CC(O)CC=C1. The molecule has 4 heteroatoms. The van der Waals surface area contributed by atoms with Crippen LogP contribution < -0.4 is 0 Å². The van der Waals surface area contributed by atoms with Crippen LogP contribution >= 0.6 is 0 Å². The number of allylic oxidation sites excluding steroid dienone is 2. The number of hydrogen-bond acceptors (Lipinski definition) is 3. The Morgan fingerprint density at radius 1 is 1.38 bits per heavy atom. The zero-order valence-electron chi connectivity index (χ0n) is 10.4. The summed E-state index contributed by atoms with van der Waals surface area (Å²) in [4.78, 5) is 0. The molecular formula is C12H20BO3. The van der Waals surface area contributed by atoms with E-state index >= 15 is 0 Å². The highest BCUT2D eigenvalue weighted by atomic mass is 16.5. The third-order valence-corrected chi connectivity index (χ3v) is 3.04. The van der Waals surface area contributed by atoms with E-state index in [1.54, 1.807) is 27.4 Å². The highest BCUT2D eigenvalue weighted by Gasteiger charge is 2.35. The molecule has 3 nitrogen and oxygen atoms in total. The Kier molecular flexibility index (Phi) is 3.99. The average Bonchev–Trinajstić information content (AvgIpc) is 2.13. The lowest BCUT2D eigenvalue weighted by Crippen LogP contribution is -2.48. The van der Waals surface area contributed by atoms with Crippen LogP contribution in [0.5, 0.6) is 0 Å². The maximum Gasteiger partial charge on any atom is 0.330 e. The van der Waals surface area contributed by atoms with Crippen LogP contribution in [0.4, 0.5) is 0 Å². The van der Waals surface area contributed by atoms with E-state index in [-0.39, 0.29) is 0 Å². The van der Waals surface area contributed by atoms with Crippen LogP contribution in [0.2, 0.25) is 0 Å². The van der Waals surface area contributed by atoms with Gasteiger partial charge in [0.05, 0.1) is 17.3 Å². The molecule has 0 amide bonds. The van der Waals surface area contributed by atoms with Crippen molar-refractivity contribution in [1.29, 1.82) is 0 Å². The van der Waals surface area contributed by atoms with Gasteiger partial charge in [0.15, 0.2) is 0 Å². The van der Waals surface area contributed by atoms with E-state index in [2.05, 4.69) is 0 Å². The fourth-order valence-electron chi connectivity index (χ4n) is 1.13. The molecule has 1 atom stereocenters. The molecule has 1 rings (SSSR count). The molecule has 0 aromatic heterocycles. The zero-order chi connectivity index (χ0) is 12.4. The van der Waals surface area contributed by atoms with Gasteiger partial charge in [-0.15, -0.1) is 0 Å². The van der Waals surface area contributed by atoms with Crippen LogP contribution in [0.25, 0.3) is 0 Å². The van der Waals surface area contributed by atoms with E-state index in [1.807, 2.05) is 26.0 Å². The standard InChI is InChI=1S/C12H20BO3/c1-11(2,15)12(3,4)16-13-9-6-5-7-10(14)8-9/h5-6,8,10,14-15H,7H2,1-4H3. The molecule has 1 aliphatic carbocycles. The molecule has 0 aromatic rings. The Hall–Kier alpha value is -0.575. The van der Waals surface area contributed by atoms with Crippen molar-refractivity contribution in [3.05, 3.63) is 23.7 Å². The molecule has 0 fully saturated rings. The van der Waals surface area contributed by atoms with E-state index in [9.17, 15) is 10.2 Å². The van der Waals surface area contributed by atoms with Crippen molar-refractivity contribution < 1.29 is 14.9 Å². The van der Waals surface area contributed by atoms with Crippen LogP contribution in [-0.2, 0) is 4.65 Å². The highest BCUT2D eigenvalue weighted by molar-refractivity contribution is 6.39. The maximum atomic E-state index is 9.90. The number of rotatable bonds is 4. The molecular weight excluding hydrogens is 203 g/mol. The molecule has 0 spiro atoms. The fourth-order valence-corrected chi connectivity index (χ4v) is 1.13. The maximum absolute atomic E-state index is 9.90. The van der Waals surface area contributed by atoms with E-state index in [0.29, 0.717) is 6.42 Å². The van der Waals surface area contributed by atoms with Crippen molar-refractivity contribution in [1.82, 2.24) is 0 Å². The predicted octanol–water partition coefficient (Wildman–Crippen LogP) is 1.38. The first-order valence-corrected chi connectivity index (χ1v) is 5.52. The molecule has 16 heavy (non-hydrogen) atoms. The Bertz CT molecular complexity index is 300. The summed E-state index contributed by atoms with van der Waals surface area (Å²) in [6.45, 7) is 7.07. The molecule has 1 unspecified atom stereocenters. The van der Waals surface area contributed by atoms with Gasteiger partial charge in [-0.05, 0) is 34.1 Å². The minimum atomic E-state index is -0.930. The molecule has 89 valence electrons. The van der Waals surface area contributed by atoms with Crippen molar-refractivity contribution in [2.45, 2.75) is 51.4 Å². The summed E-state index contributed by atoms with van der Waals surface area (Å²) < 4.78 is 5.58. The molecule has 0 saturated carbocycles. The summed E-state index contributed by atoms with van der Waals surface area (Å²) in [6.07, 6.45) is 5.74. The second kappa shape index (κ2) is 4.74. The summed E-state index contributed by atoms with van der Waals surface area (Å²) in [5.41, 5.74) is -0.776. The van der Waals surface area contributed by atoms with Gasteiger partial charge in [0, 0.05) is 0 Å². The first-order valence-electron chi connectivity index (χ1n) is 5.52. The molecule has 0 heterocycles.